The highest BCUT2D eigenvalue weighted by atomic mass is 32.2. The van der Waals surface area contributed by atoms with E-state index in [4.69, 9.17) is 9.66 Å². The van der Waals surface area contributed by atoms with Gasteiger partial charge in [0, 0.05) is 6.61 Å². The summed E-state index contributed by atoms with van der Waals surface area (Å²) in [6.45, 7) is 5.71. The summed E-state index contributed by atoms with van der Waals surface area (Å²) in [6, 6.07) is 5.99. The Morgan fingerprint density at radius 1 is 1.22 bits per heavy atom. The van der Waals surface area contributed by atoms with E-state index >= 15 is 0 Å². The molecule has 0 amide bonds. The van der Waals surface area contributed by atoms with Gasteiger partial charge in [-0.1, -0.05) is 23.8 Å². The number of rotatable bonds is 5. The molecule has 0 heterocycles. The molecule has 0 saturated carbocycles. The molecule has 0 aliphatic carbocycles. The SMILES string of the molecule is C=CCCCCO.Cc1ccc(S(=O)(=O)O)cc1. The van der Waals surface area contributed by atoms with Crippen molar-refractivity contribution in [1.29, 1.82) is 0 Å². The van der Waals surface area contributed by atoms with Crippen molar-refractivity contribution in [3.63, 3.8) is 0 Å². The summed E-state index contributed by atoms with van der Waals surface area (Å²) in [6.07, 6.45) is 4.88. The van der Waals surface area contributed by atoms with Crippen LogP contribution in [-0.2, 0) is 10.1 Å². The fourth-order valence-corrected chi connectivity index (χ4v) is 1.59. The van der Waals surface area contributed by atoms with Crippen molar-refractivity contribution in [1.82, 2.24) is 0 Å². The van der Waals surface area contributed by atoms with E-state index in [9.17, 15) is 8.42 Å². The number of benzene rings is 1. The van der Waals surface area contributed by atoms with Crippen molar-refractivity contribution in [2.24, 2.45) is 0 Å². The summed E-state index contributed by atoms with van der Waals surface area (Å²) in [4.78, 5) is -0.0666. The predicted octanol–water partition coefficient (Wildman–Crippen LogP) is 2.58. The molecular formula is C13H20O4S. The Morgan fingerprint density at radius 3 is 2.17 bits per heavy atom. The monoisotopic (exact) mass is 272 g/mol. The number of aliphatic hydroxyl groups is 1. The van der Waals surface area contributed by atoms with Gasteiger partial charge in [0.2, 0.25) is 0 Å². The molecule has 0 unspecified atom stereocenters. The Balaban J connectivity index is 0.000000360. The smallest absolute Gasteiger partial charge is 0.294 e. The first-order chi connectivity index (χ1) is 8.41. The fourth-order valence-electron chi connectivity index (χ4n) is 1.11. The lowest BCUT2D eigenvalue weighted by atomic mass is 10.2. The molecule has 0 fully saturated rings. The second kappa shape index (κ2) is 8.85. The normalized spacial score (nSPS) is 10.4. The van der Waals surface area contributed by atoms with Crippen LogP contribution < -0.4 is 0 Å². The first kappa shape index (κ1) is 16.8. The molecule has 0 aliphatic heterocycles. The lowest BCUT2D eigenvalue weighted by molar-refractivity contribution is 0.285. The molecule has 1 aromatic carbocycles. The molecule has 0 bridgehead atoms. The molecule has 0 saturated heterocycles. The lowest BCUT2D eigenvalue weighted by Gasteiger charge is -1.95. The second-order valence-corrected chi connectivity index (χ2v) is 5.22. The average molecular weight is 272 g/mol. The summed E-state index contributed by atoms with van der Waals surface area (Å²) in [5.41, 5.74) is 0.956. The lowest BCUT2D eigenvalue weighted by Crippen LogP contribution is -1.96. The van der Waals surface area contributed by atoms with Gasteiger partial charge in [0.15, 0.2) is 0 Å². The minimum absolute atomic E-state index is 0.0666. The molecule has 0 spiro atoms. The van der Waals surface area contributed by atoms with Gasteiger partial charge < -0.3 is 5.11 Å². The Bertz CT molecular complexity index is 435. The predicted molar refractivity (Wildman–Crippen MR) is 72.1 cm³/mol. The van der Waals surface area contributed by atoms with Gasteiger partial charge in [0.05, 0.1) is 4.90 Å². The molecular weight excluding hydrogens is 252 g/mol. The maximum atomic E-state index is 10.5. The highest BCUT2D eigenvalue weighted by Gasteiger charge is 2.06. The minimum atomic E-state index is -4.02. The fraction of sp³-hybridized carbons (Fsp3) is 0.385. The summed E-state index contributed by atoms with van der Waals surface area (Å²) in [5.74, 6) is 0. The van der Waals surface area contributed by atoms with Crippen molar-refractivity contribution in [3.05, 3.63) is 42.5 Å². The first-order valence-electron chi connectivity index (χ1n) is 5.67. The molecule has 0 radical (unpaired) electrons. The van der Waals surface area contributed by atoms with Crippen LogP contribution in [0.2, 0.25) is 0 Å². The van der Waals surface area contributed by atoms with Crippen LogP contribution in [0.25, 0.3) is 0 Å². The molecule has 1 aromatic rings. The zero-order chi connectivity index (χ0) is 14.0. The van der Waals surface area contributed by atoms with Gasteiger partial charge in [-0.2, -0.15) is 8.42 Å². The molecule has 102 valence electrons. The van der Waals surface area contributed by atoms with Crippen molar-refractivity contribution in [3.8, 4) is 0 Å². The zero-order valence-corrected chi connectivity index (χ0v) is 11.4. The maximum absolute atomic E-state index is 10.5. The number of allylic oxidation sites excluding steroid dienone is 1. The number of hydrogen-bond donors (Lipinski definition) is 2. The minimum Gasteiger partial charge on any atom is -0.396 e. The van der Waals surface area contributed by atoms with Gasteiger partial charge >= 0.3 is 0 Å². The third-order valence-corrected chi connectivity index (χ3v) is 3.00. The Labute approximate surface area is 109 Å². The Kier molecular flexibility index (Phi) is 8.28. The van der Waals surface area contributed by atoms with Gasteiger partial charge in [0.1, 0.15) is 0 Å². The van der Waals surface area contributed by atoms with Crippen LogP contribution >= 0.6 is 0 Å². The van der Waals surface area contributed by atoms with Crippen LogP contribution in [0.1, 0.15) is 24.8 Å². The van der Waals surface area contributed by atoms with Crippen molar-refractivity contribution in [2.45, 2.75) is 31.1 Å². The molecule has 5 heteroatoms. The van der Waals surface area contributed by atoms with E-state index in [2.05, 4.69) is 6.58 Å². The van der Waals surface area contributed by atoms with Crippen LogP contribution in [-0.4, -0.2) is 24.7 Å². The van der Waals surface area contributed by atoms with E-state index in [1.807, 2.05) is 13.0 Å². The van der Waals surface area contributed by atoms with Crippen LogP contribution in [0.4, 0.5) is 0 Å². The summed E-state index contributed by atoms with van der Waals surface area (Å²) >= 11 is 0. The molecule has 1 rings (SSSR count). The van der Waals surface area contributed by atoms with E-state index in [0.717, 1.165) is 24.8 Å². The van der Waals surface area contributed by atoms with Crippen LogP contribution in [0.3, 0.4) is 0 Å². The molecule has 18 heavy (non-hydrogen) atoms. The highest BCUT2D eigenvalue weighted by molar-refractivity contribution is 7.85. The Hall–Kier alpha value is -1.17. The number of hydrogen-bond acceptors (Lipinski definition) is 3. The molecule has 4 nitrogen and oxygen atoms in total. The quantitative estimate of drug-likeness (QED) is 0.491. The van der Waals surface area contributed by atoms with Crippen LogP contribution in [0.5, 0.6) is 0 Å². The van der Waals surface area contributed by atoms with Crippen LogP contribution in [0.15, 0.2) is 41.8 Å². The van der Waals surface area contributed by atoms with E-state index in [1.54, 1.807) is 12.1 Å². The summed E-state index contributed by atoms with van der Waals surface area (Å²) in [7, 11) is -4.02. The van der Waals surface area contributed by atoms with Crippen LogP contribution in [0, 0.1) is 6.92 Å². The van der Waals surface area contributed by atoms with Gasteiger partial charge in [-0.15, -0.1) is 6.58 Å². The third kappa shape index (κ3) is 8.00. The zero-order valence-electron chi connectivity index (χ0n) is 10.5. The van der Waals surface area contributed by atoms with Crippen molar-refractivity contribution >= 4 is 10.1 Å². The highest BCUT2D eigenvalue weighted by Crippen LogP contribution is 2.08. The summed E-state index contributed by atoms with van der Waals surface area (Å²) in [5, 5.41) is 8.26. The first-order valence-corrected chi connectivity index (χ1v) is 7.11. The molecule has 2 N–H and O–H groups in total. The van der Waals surface area contributed by atoms with E-state index in [1.165, 1.54) is 12.1 Å². The van der Waals surface area contributed by atoms with Gasteiger partial charge in [0.25, 0.3) is 10.1 Å². The topological polar surface area (TPSA) is 74.6 Å². The standard InChI is InChI=1S/C7H8O3S.C6H12O/c1-6-2-4-7(5-3-6)11(8,9)10;1-2-3-4-5-6-7/h2-5H,1H3,(H,8,9,10);2,7H,1,3-6H2. The maximum Gasteiger partial charge on any atom is 0.294 e. The van der Waals surface area contributed by atoms with Gasteiger partial charge in [-0.05, 0) is 38.3 Å². The van der Waals surface area contributed by atoms with Crippen molar-refractivity contribution < 1.29 is 18.1 Å². The molecule has 0 aromatic heterocycles. The van der Waals surface area contributed by atoms with Crippen molar-refractivity contribution in [2.75, 3.05) is 6.61 Å². The molecule has 0 aliphatic rings. The van der Waals surface area contributed by atoms with E-state index in [0.29, 0.717) is 6.61 Å². The molecule has 0 atom stereocenters. The summed E-state index contributed by atoms with van der Waals surface area (Å²) < 4.78 is 29.6. The number of unbranched alkanes of at least 4 members (excludes halogenated alkanes) is 2. The average Bonchev–Trinajstić information content (AvgIpc) is 2.30. The largest absolute Gasteiger partial charge is 0.396 e. The second-order valence-electron chi connectivity index (χ2n) is 3.80. The number of aliphatic hydroxyl groups excluding tert-OH is 1. The van der Waals surface area contributed by atoms with Gasteiger partial charge in [-0.25, -0.2) is 0 Å². The van der Waals surface area contributed by atoms with E-state index in [-0.39, 0.29) is 4.90 Å². The third-order valence-electron chi connectivity index (χ3n) is 2.14. The Morgan fingerprint density at radius 2 is 1.78 bits per heavy atom. The van der Waals surface area contributed by atoms with Gasteiger partial charge in [-0.3, -0.25) is 4.55 Å². The number of aryl methyl sites for hydroxylation is 1. The van der Waals surface area contributed by atoms with E-state index < -0.39 is 10.1 Å².